The summed E-state index contributed by atoms with van der Waals surface area (Å²) in [6.07, 6.45) is 7.48. The maximum atomic E-state index is 9.96. The molecule has 1 aliphatic rings. The van der Waals surface area contributed by atoms with E-state index in [1.165, 1.54) is 0 Å². The summed E-state index contributed by atoms with van der Waals surface area (Å²) in [6.45, 7) is 2.04. The second-order valence-corrected chi connectivity index (χ2v) is 5.74. The van der Waals surface area contributed by atoms with Crippen molar-refractivity contribution < 1.29 is 5.11 Å². The molecule has 3 aromatic rings. The minimum absolute atomic E-state index is 0.186. The SMILES string of the molecule is Cc1nc2cnc3[nH]ccc3c2n1[C@H]1CCCC(O)C1. The van der Waals surface area contributed by atoms with Crippen molar-refractivity contribution in [1.82, 2.24) is 19.5 Å². The lowest BCUT2D eigenvalue weighted by atomic mass is 9.92. The number of H-pyrrole nitrogens is 1. The molecule has 20 heavy (non-hydrogen) atoms. The molecule has 1 fully saturated rings. The van der Waals surface area contributed by atoms with Gasteiger partial charge in [-0.3, -0.25) is 0 Å². The third-order valence-electron chi connectivity index (χ3n) is 4.39. The minimum Gasteiger partial charge on any atom is -0.393 e. The maximum absolute atomic E-state index is 9.96. The van der Waals surface area contributed by atoms with E-state index in [1.54, 1.807) is 0 Å². The molecular weight excluding hydrogens is 252 g/mol. The van der Waals surface area contributed by atoms with Crippen molar-refractivity contribution in [2.75, 3.05) is 0 Å². The Bertz CT molecular complexity index is 773. The van der Waals surface area contributed by atoms with Crippen LogP contribution in [-0.2, 0) is 0 Å². The monoisotopic (exact) mass is 270 g/mol. The predicted octanol–water partition coefficient (Wildman–Crippen LogP) is 2.70. The van der Waals surface area contributed by atoms with Gasteiger partial charge in [0.05, 0.1) is 17.8 Å². The smallest absolute Gasteiger partial charge is 0.139 e. The molecule has 3 aromatic heterocycles. The highest BCUT2D eigenvalue weighted by Crippen LogP contribution is 2.34. The van der Waals surface area contributed by atoms with Crippen LogP contribution in [-0.4, -0.2) is 30.7 Å². The lowest BCUT2D eigenvalue weighted by Crippen LogP contribution is -2.23. The lowest BCUT2D eigenvalue weighted by Gasteiger charge is -2.28. The third kappa shape index (κ3) is 1.66. The van der Waals surface area contributed by atoms with Crippen LogP contribution in [0, 0.1) is 6.92 Å². The fourth-order valence-electron chi connectivity index (χ4n) is 3.53. The highest BCUT2D eigenvalue weighted by molar-refractivity contribution is 6.01. The molecule has 0 aliphatic heterocycles. The quantitative estimate of drug-likeness (QED) is 0.714. The van der Waals surface area contributed by atoms with Gasteiger partial charge in [-0.05, 0) is 38.7 Å². The fourth-order valence-corrected chi connectivity index (χ4v) is 3.53. The Morgan fingerprint density at radius 3 is 3.15 bits per heavy atom. The highest BCUT2D eigenvalue weighted by atomic mass is 16.3. The molecule has 0 amide bonds. The number of nitrogens with one attached hydrogen (secondary N) is 1. The fraction of sp³-hybridized carbons (Fsp3) is 0.467. The number of aromatic amines is 1. The number of fused-ring (bicyclic) bond motifs is 3. The van der Waals surface area contributed by atoms with E-state index < -0.39 is 0 Å². The molecule has 5 heteroatoms. The van der Waals surface area contributed by atoms with Crippen LogP contribution >= 0.6 is 0 Å². The first-order valence-electron chi connectivity index (χ1n) is 7.22. The van der Waals surface area contributed by atoms with Crippen molar-refractivity contribution in [3.63, 3.8) is 0 Å². The number of imidazole rings is 1. The van der Waals surface area contributed by atoms with Gasteiger partial charge in [-0.2, -0.15) is 0 Å². The van der Waals surface area contributed by atoms with Crippen molar-refractivity contribution in [2.45, 2.75) is 44.8 Å². The van der Waals surface area contributed by atoms with E-state index >= 15 is 0 Å². The standard InChI is InChI=1S/C15H18N4O/c1-9-18-13-8-17-15-12(5-6-16-15)14(13)19(9)10-3-2-4-11(20)7-10/h5-6,8,10-11,20H,2-4,7H2,1H3,(H,16,17)/t10-,11?/m0/s1. The molecule has 2 N–H and O–H groups in total. The van der Waals surface area contributed by atoms with Gasteiger partial charge in [-0.25, -0.2) is 9.97 Å². The van der Waals surface area contributed by atoms with Gasteiger partial charge in [0.2, 0.25) is 0 Å². The van der Waals surface area contributed by atoms with Gasteiger partial charge in [-0.15, -0.1) is 0 Å². The van der Waals surface area contributed by atoms with E-state index in [1.807, 2.05) is 19.3 Å². The number of aryl methyl sites for hydroxylation is 1. The van der Waals surface area contributed by atoms with Crippen LogP contribution < -0.4 is 0 Å². The summed E-state index contributed by atoms with van der Waals surface area (Å²) >= 11 is 0. The Hall–Kier alpha value is -1.88. The van der Waals surface area contributed by atoms with Crippen molar-refractivity contribution in [3.05, 3.63) is 24.3 Å². The summed E-state index contributed by atoms with van der Waals surface area (Å²) in [7, 11) is 0. The molecule has 0 radical (unpaired) electrons. The van der Waals surface area contributed by atoms with Crippen molar-refractivity contribution >= 4 is 22.1 Å². The topological polar surface area (TPSA) is 66.7 Å². The Labute approximate surface area is 116 Å². The normalized spacial score (nSPS) is 23.7. The molecule has 1 aliphatic carbocycles. The van der Waals surface area contributed by atoms with Crippen LogP contribution in [0.5, 0.6) is 0 Å². The van der Waals surface area contributed by atoms with Crippen molar-refractivity contribution in [3.8, 4) is 0 Å². The zero-order valence-electron chi connectivity index (χ0n) is 11.5. The third-order valence-corrected chi connectivity index (χ3v) is 4.39. The Balaban J connectivity index is 1.97. The summed E-state index contributed by atoms with van der Waals surface area (Å²) in [5, 5.41) is 11.1. The molecule has 0 aromatic carbocycles. The number of hydrogen-bond donors (Lipinski definition) is 2. The van der Waals surface area contributed by atoms with E-state index in [0.717, 1.165) is 53.6 Å². The first kappa shape index (κ1) is 11.9. The maximum Gasteiger partial charge on any atom is 0.139 e. The van der Waals surface area contributed by atoms with Gasteiger partial charge in [0.25, 0.3) is 0 Å². The first-order valence-corrected chi connectivity index (χ1v) is 7.22. The first-order chi connectivity index (χ1) is 9.74. The van der Waals surface area contributed by atoms with Gasteiger partial charge in [0.1, 0.15) is 17.0 Å². The number of rotatable bonds is 1. The van der Waals surface area contributed by atoms with Crippen LogP contribution in [0.3, 0.4) is 0 Å². The van der Waals surface area contributed by atoms with Crippen LogP contribution in [0.25, 0.3) is 22.1 Å². The van der Waals surface area contributed by atoms with Crippen LogP contribution in [0.15, 0.2) is 18.5 Å². The van der Waals surface area contributed by atoms with Gasteiger partial charge in [0, 0.05) is 17.6 Å². The van der Waals surface area contributed by atoms with Crippen molar-refractivity contribution in [1.29, 1.82) is 0 Å². The highest BCUT2D eigenvalue weighted by Gasteiger charge is 2.25. The number of pyridine rings is 1. The summed E-state index contributed by atoms with van der Waals surface area (Å²) in [4.78, 5) is 12.2. The molecule has 0 bridgehead atoms. The van der Waals surface area contributed by atoms with E-state index in [2.05, 4.69) is 25.6 Å². The zero-order valence-corrected chi connectivity index (χ0v) is 11.5. The molecule has 0 spiro atoms. The van der Waals surface area contributed by atoms with Crippen LogP contribution in [0.4, 0.5) is 0 Å². The number of hydrogen-bond acceptors (Lipinski definition) is 3. The molecule has 2 atom stereocenters. The molecular formula is C15H18N4O. The molecule has 104 valence electrons. The molecule has 0 saturated heterocycles. The minimum atomic E-state index is -0.186. The average Bonchev–Trinajstić information content (AvgIpc) is 3.00. The van der Waals surface area contributed by atoms with E-state index in [0.29, 0.717) is 6.04 Å². The molecule has 4 rings (SSSR count). The van der Waals surface area contributed by atoms with Gasteiger partial charge in [-0.1, -0.05) is 0 Å². The van der Waals surface area contributed by atoms with Crippen molar-refractivity contribution in [2.24, 2.45) is 0 Å². The molecule has 5 nitrogen and oxygen atoms in total. The van der Waals surface area contributed by atoms with Crippen LogP contribution in [0.2, 0.25) is 0 Å². The Morgan fingerprint density at radius 2 is 2.30 bits per heavy atom. The number of aliphatic hydroxyl groups excluding tert-OH is 1. The van der Waals surface area contributed by atoms with E-state index in [9.17, 15) is 5.11 Å². The van der Waals surface area contributed by atoms with E-state index in [-0.39, 0.29) is 6.10 Å². The largest absolute Gasteiger partial charge is 0.393 e. The lowest BCUT2D eigenvalue weighted by molar-refractivity contribution is 0.104. The summed E-state index contributed by atoms with van der Waals surface area (Å²) in [5.41, 5.74) is 2.98. The summed E-state index contributed by atoms with van der Waals surface area (Å²) in [6, 6.07) is 2.39. The Kier molecular flexibility index (Phi) is 2.57. The number of aliphatic hydroxyl groups is 1. The predicted molar refractivity (Wildman–Crippen MR) is 77.6 cm³/mol. The van der Waals surface area contributed by atoms with Gasteiger partial charge in [0.15, 0.2) is 0 Å². The zero-order chi connectivity index (χ0) is 13.7. The molecule has 1 saturated carbocycles. The average molecular weight is 270 g/mol. The van der Waals surface area contributed by atoms with Gasteiger partial charge >= 0.3 is 0 Å². The second kappa shape index (κ2) is 4.31. The Morgan fingerprint density at radius 1 is 1.40 bits per heavy atom. The van der Waals surface area contributed by atoms with E-state index in [4.69, 9.17) is 0 Å². The molecule has 3 heterocycles. The van der Waals surface area contributed by atoms with Crippen LogP contribution in [0.1, 0.15) is 37.5 Å². The number of nitrogens with zero attached hydrogens (tertiary/aromatic N) is 3. The van der Waals surface area contributed by atoms with Gasteiger partial charge < -0.3 is 14.7 Å². The second-order valence-electron chi connectivity index (χ2n) is 5.74. The summed E-state index contributed by atoms with van der Waals surface area (Å²) in [5.74, 6) is 1.01. The summed E-state index contributed by atoms with van der Waals surface area (Å²) < 4.78 is 2.30. The molecule has 1 unspecified atom stereocenters. The number of aromatic nitrogens is 4.